The molecule has 0 aliphatic heterocycles. The summed E-state index contributed by atoms with van der Waals surface area (Å²) in [7, 11) is 0. The standard InChI is InChI=1S/C13H14N4O/c14-13(15)17-12(18)11-8-5-1-3-7-4-2-6-9(16-11)10(7)8/h2,4,6,16H,1,3,5H2,(H4,14,15,17,18). The van der Waals surface area contributed by atoms with E-state index in [1.54, 1.807) is 0 Å². The summed E-state index contributed by atoms with van der Waals surface area (Å²) in [5.74, 6) is -0.601. The molecule has 1 aliphatic carbocycles. The Kier molecular flexibility index (Phi) is 2.33. The number of carbonyl (C=O) groups excluding carboxylic acids is 1. The van der Waals surface area contributed by atoms with Crippen molar-refractivity contribution in [2.75, 3.05) is 0 Å². The van der Waals surface area contributed by atoms with Crippen LogP contribution in [0.15, 0.2) is 23.2 Å². The molecule has 0 saturated heterocycles. The molecule has 5 heteroatoms. The van der Waals surface area contributed by atoms with Crippen molar-refractivity contribution >= 4 is 22.8 Å². The van der Waals surface area contributed by atoms with Crippen molar-refractivity contribution < 1.29 is 4.79 Å². The van der Waals surface area contributed by atoms with Crippen molar-refractivity contribution in [2.24, 2.45) is 16.5 Å². The Hall–Kier alpha value is -2.30. The lowest BCUT2D eigenvalue weighted by atomic mass is 9.91. The number of aromatic nitrogens is 1. The number of aryl methyl sites for hydroxylation is 2. The zero-order chi connectivity index (χ0) is 12.7. The Morgan fingerprint density at radius 1 is 1.28 bits per heavy atom. The molecule has 18 heavy (non-hydrogen) atoms. The molecule has 1 aromatic carbocycles. The van der Waals surface area contributed by atoms with Gasteiger partial charge in [-0.15, -0.1) is 0 Å². The number of rotatable bonds is 1. The summed E-state index contributed by atoms with van der Waals surface area (Å²) in [5.41, 5.74) is 14.3. The van der Waals surface area contributed by atoms with E-state index in [1.165, 1.54) is 5.56 Å². The molecule has 0 fully saturated rings. The van der Waals surface area contributed by atoms with Gasteiger partial charge < -0.3 is 16.5 Å². The normalized spacial score (nSPS) is 13.6. The highest BCUT2D eigenvalue weighted by molar-refractivity contribution is 6.06. The number of nitrogens with zero attached hydrogens (tertiary/aromatic N) is 1. The van der Waals surface area contributed by atoms with E-state index in [4.69, 9.17) is 11.5 Å². The molecule has 1 amide bonds. The average molecular weight is 242 g/mol. The van der Waals surface area contributed by atoms with E-state index >= 15 is 0 Å². The minimum Gasteiger partial charge on any atom is -0.370 e. The lowest BCUT2D eigenvalue weighted by Crippen LogP contribution is -2.24. The van der Waals surface area contributed by atoms with Gasteiger partial charge in [-0.1, -0.05) is 12.1 Å². The fourth-order valence-electron chi connectivity index (χ4n) is 2.67. The first kappa shape index (κ1) is 10.8. The second kappa shape index (κ2) is 3.87. The monoisotopic (exact) mass is 242 g/mol. The van der Waals surface area contributed by atoms with E-state index in [1.807, 2.05) is 12.1 Å². The Morgan fingerprint density at radius 2 is 2.11 bits per heavy atom. The van der Waals surface area contributed by atoms with E-state index in [2.05, 4.69) is 16.0 Å². The molecule has 0 radical (unpaired) electrons. The molecule has 92 valence electrons. The number of aromatic amines is 1. The van der Waals surface area contributed by atoms with E-state index in [-0.39, 0.29) is 5.96 Å². The average Bonchev–Trinajstić information content (AvgIpc) is 2.70. The van der Waals surface area contributed by atoms with Gasteiger partial charge >= 0.3 is 0 Å². The minimum absolute atomic E-state index is 0.207. The van der Waals surface area contributed by atoms with Gasteiger partial charge in [-0.2, -0.15) is 4.99 Å². The number of H-pyrrole nitrogens is 1. The van der Waals surface area contributed by atoms with Gasteiger partial charge in [0.2, 0.25) is 0 Å². The lowest BCUT2D eigenvalue weighted by molar-refractivity contribution is 0.0998. The first-order valence-electron chi connectivity index (χ1n) is 5.93. The summed E-state index contributed by atoms with van der Waals surface area (Å²) in [6.07, 6.45) is 2.99. The maximum Gasteiger partial charge on any atom is 0.296 e. The molecule has 1 aromatic heterocycles. The highest BCUT2D eigenvalue weighted by atomic mass is 16.1. The van der Waals surface area contributed by atoms with E-state index in [9.17, 15) is 4.79 Å². The van der Waals surface area contributed by atoms with Gasteiger partial charge in [-0.05, 0) is 36.5 Å². The fraction of sp³-hybridized carbons (Fsp3) is 0.231. The van der Waals surface area contributed by atoms with Crippen LogP contribution < -0.4 is 11.5 Å². The second-order valence-corrected chi connectivity index (χ2v) is 4.51. The van der Waals surface area contributed by atoms with Crippen LogP contribution in [0.3, 0.4) is 0 Å². The number of aliphatic imine (C=N–C) groups is 1. The van der Waals surface area contributed by atoms with Crippen molar-refractivity contribution in [3.05, 3.63) is 35.0 Å². The van der Waals surface area contributed by atoms with E-state index in [0.29, 0.717) is 5.69 Å². The van der Waals surface area contributed by atoms with E-state index < -0.39 is 5.91 Å². The maximum absolute atomic E-state index is 12.0. The third-order valence-electron chi connectivity index (χ3n) is 3.33. The van der Waals surface area contributed by atoms with Crippen molar-refractivity contribution in [2.45, 2.75) is 19.3 Å². The van der Waals surface area contributed by atoms with Crippen molar-refractivity contribution in [1.29, 1.82) is 0 Å². The highest BCUT2D eigenvalue weighted by Gasteiger charge is 2.21. The number of benzene rings is 1. The van der Waals surface area contributed by atoms with Crippen LogP contribution in [0.25, 0.3) is 10.9 Å². The Bertz CT molecular complexity index is 665. The van der Waals surface area contributed by atoms with Crippen LogP contribution in [0.5, 0.6) is 0 Å². The Labute approximate surface area is 104 Å². The van der Waals surface area contributed by atoms with Crippen molar-refractivity contribution in [3.63, 3.8) is 0 Å². The zero-order valence-corrected chi connectivity index (χ0v) is 9.86. The fourth-order valence-corrected chi connectivity index (χ4v) is 2.67. The molecule has 5 N–H and O–H groups in total. The molecule has 0 bridgehead atoms. The van der Waals surface area contributed by atoms with Crippen LogP contribution >= 0.6 is 0 Å². The largest absolute Gasteiger partial charge is 0.370 e. The minimum atomic E-state index is -0.394. The molecule has 1 aliphatic rings. The van der Waals surface area contributed by atoms with Gasteiger partial charge in [0.1, 0.15) is 5.69 Å². The Balaban J connectivity index is 2.23. The first-order chi connectivity index (χ1) is 8.66. The summed E-state index contributed by atoms with van der Waals surface area (Å²) in [5, 5.41) is 1.16. The summed E-state index contributed by atoms with van der Waals surface area (Å²) >= 11 is 0. The van der Waals surface area contributed by atoms with Gasteiger partial charge in [0, 0.05) is 10.9 Å². The third-order valence-corrected chi connectivity index (χ3v) is 3.33. The predicted molar refractivity (Wildman–Crippen MR) is 70.5 cm³/mol. The van der Waals surface area contributed by atoms with Crippen LogP contribution in [-0.2, 0) is 12.8 Å². The first-order valence-corrected chi connectivity index (χ1v) is 5.93. The lowest BCUT2D eigenvalue weighted by Gasteiger charge is -2.12. The van der Waals surface area contributed by atoms with Gasteiger partial charge in [0.05, 0.1) is 0 Å². The summed E-state index contributed by atoms with van der Waals surface area (Å²) in [4.78, 5) is 18.7. The number of nitrogens with one attached hydrogen (secondary N) is 1. The number of hydrogen-bond acceptors (Lipinski definition) is 1. The number of carbonyl (C=O) groups is 1. The molecule has 0 unspecified atom stereocenters. The number of hydrogen-bond donors (Lipinski definition) is 3. The van der Waals surface area contributed by atoms with Crippen molar-refractivity contribution in [3.8, 4) is 0 Å². The maximum atomic E-state index is 12.0. The van der Waals surface area contributed by atoms with Gasteiger partial charge in [-0.25, -0.2) is 0 Å². The van der Waals surface area contributed by atoms with Crippen LogP contribution in [0.2, 0.25) is 0 Å². The summed E-state index contributed by atoms with van der Waals surface area (Å²) < 4.78 is 0. The highest BCUT2D eigenvalue weighted by Crippen LogP contribution is 2.32. The Morgan fingerprint density at radius 3 is 2.89 bits per heavy atom. The molecule has 0 saturated carbocycles. The predicted octanol–water partition coefficient (Wildman–Crippen LogP) is 1.07. The molecule has 2 aromatic rings. The number of amides is 1. The number of nitrogens with two attached hydrogens (primary N) is 2. The van der Waals surface area contributed by atoms with Crippen LogP contribution in [0.4, 0.5) is 0 Å². The summed E-state index contributed by atoms with van der Waals surface area (Å²) in [6.45, 7) is 0. The molecule has 5 nitrogen and oxygen atoms in total. The number of guanidine groups is 1. The van der Waals surface area contributed by atoms with Gasteiger partial charge in [0.15, 0.2) is 5.96 Å². The van der Waals surface area contributed by atoms with Crippen LogP contribution in [-0.4, -0.2) is 16.9 Å². The van der Waals surface area contributed by atoms with E-state index in [0.717, 1.165) is 35.7 Å². The molecule has 0 spiro atoms. The SMILES string of the molecule is NC(N)=NC(=O)c1[nH]c2cccc3c2c1CCC3. The van der Waals surface area contributed by atoms with Crippen LogP contribution in [0, 0.1) is 0 Å². The molecule has 0 atom stereocenters. The van der Waals surface area contributed by atoms with Gasteiger partial charge in [0.25, 0.3) is 5.91 Å². The third kappa shape index (κ3) is 1.55. The second-order valence-electron chi connectivity index (χ2n) is 4.51. The molecular formula is C13H14N4O. The zero-order valence-electron chi connectivity index (χ0n) is 9.86. The topological polar surface area (TPSA) is 97.3 Å². The molecule has 1 heterocycles. The van der Waals surface area contributed by atoms with Crippen molar-refractivity contribution in [1.82, 2.24) is 4.98 Å². The smallest absolute Gasteiger partial charge is 0.296 e. The summed E-state index contributed by atoms with van der Waals surface area (Å²) in [6, 6.07) is 6.08. The quantitative estimate of drug-likeness (QED) is 0.515. The molecule has 3 rings (SSSR count). The van der Waals surface area contributed by atoms with Gasteiger partial charge in [-0.3, -0.25) is 4.79 Å². The molecular weight excluding hydrogens is 228 g/mol. The van der Waals surface area contributed by atoms with Crippen LogP contribution in [0.1, 0.15) is 28.0 Å².